The van der Waals surface area contributed by atoms with Gasteiger partial charge in [-0.2, -0.15) is 0 Å². The van der Waals surface area contributed by atoms with Gasteiger partial charge in [0.1, 0.15) is 14.8 Å². The van der Waals surface area contributed by atoms with Gasteiger partial charge >= 0.3 is 5.97 Å². The highest BCUT2D eigenvalue weighted by molar-refractivity contribution is 7.14. The molecule has 0 aromatic carbocycles. The lowest BCUT2D eigenvalue weighted by Gasteiger charge is -2.11. The number of amides is 1. The molecule has 1 unspecified atom stereocenters. The number of carbonyl (C=O) groups excluding carboxylic acids is 1. The van der Waals surface area contributed by atoms with Crippen molar-refractivity contribution >= 4 is 34.6 Å². The fourth-order valence-corrected chi connectivity index (χ4v) is 4.06. The summed E-state index contributed by atoms with van der Waals surface area (Å²) in [5, 5.41) is 13.5. The molecule has 2 aromatic rings. The quantitative estimate of drug-likeness (QED) is 0.814. The first-order chi connectivity index (χ1) is 11.2. The Bertz CT molecular complexity index is 765. The zero-order chi connectivity index (χ0) is 18.0. The van der Waals surface area contributed by atoms with Gasteiger partial charge in [0.25, 0.3) is 5.91 Å². The summed E-state index contributed by atoms with van der Waals surface area (Å²) in [7, 11) is 0. The molecule has 0 aliphatic carbocycles. The third-order valence-corrected chi connectivity index (χ3v) is 5.68. The number of hydrogen-bond donors (Lipinski definition) is 2. The molecule has 0 aliphatic rings. The Morgan fingerprint density at radius 1 is 1.12 bits per heavy atom. The van der Waals surface area contributed by atoms with Crippen molar-refractivity contribution in [3.63, 3.8) is 0 Å². The molecule has 1 atom stereocenters. The number of hydrogen-bond acceptors (Lipinski definition) is 6. The van der Waals surface area contributed by atoms with Crippen molar-refractivity contribution in [2.45, 2.75) is 47.1 Å². The molecule has 0 bridgehead atoms. The van der Waals surface area contributed by atoms with Gasteiger partial charge in [-0.1, -0.05) is 13.8 Å². The molecule has 2 aromatic heterocycles. The van der Waals surface area contributed by atoms with Crippen molar-refractivity contribution in [2.24, 2.45) is 5.92 Å². The average Bonchev–Trinajstić information content (AvgIpc) is 3.01. The highest BCUT2D eigenvalue weighted by atomic mass is 32.1. The lowest BCUT2D eigenvalue weighted by Crippen LogP contribution is -2.26. The Labute approximate surface area is 149 Å². The minimum atomic E-state index is -0.993. The van der Waals surface area contributed by atoms with Crippen LogP contribution in [0.25, 0.3) is 0 Å². The molecule has 1 amide bonds. The van der Waals surface area contributed by atoms with E-state index in [1.807, 2.05) is 6.92 Å². The maximum absolute atomic E-state index is 12.6. The van der Waals surface area contributed by atoms with E-state index >= 15 is 0 Å². The van der Waals surface area contributed by atoms with Gasteiger partial charge in [-0.25, -0.2) is 14.8 Å². The van der Waals surface area contributed by atoms with Crippen LogP contribution in [0.4, 0.5) is 0 Å². The number of carboxylic acids is 1. The number of carbonyl (C=O) groups is 2. The fourth-order valence-electron chi connectivity index (χ4n) is 2.30. The second-order valence-corrected chi connectivity index (χ2v) is 8.31. The Balaban J connectivity index is 2.17. The highest BCUT2D eigenvalue weighted by Gasteiger charge is 2.22. The molecule has 2 rings (SSSR count). The topological polar surface area (TPSA) is 92.2 Å². The van der Waals surface area contributed by atoms with Crippen molar-refractivity contribution in [1.82, 2.24) is 15.3 Å². The molecular weight excluding hydrogens is 346 g/mol. The van der Waals surface area contributed by atoms with Gasteiger partial charge in [0.05, 0.1) is 22.4 Å². The first-order valence-corrected chi connectivity index (χ1v) is 9.30. The number of nitrogens with one attached hydrogen (secondary N) is 1. The van der Waals surface area contributed by atoms with E-state index in [1.54, 1.807) is 13.8 Å². The lowest BCUT2D eigenvalue weighted by atomic mass is 10.1. The van der Waals surface area contributed by atoms with Gasteiger partial charge < -0.3 is 10.4 Å². The van der Waals surface area contributed by atoms with Crippen LogP contribution in [-0.4, -0.2) is 27.0 Å². The standard InChI is InChI=1S/C16H21N3O3S2/c1-7(2)6-11-13(23-10(5)19-11)14(20)17-9(4)15-18-8(3)12(24-15)16(21)22/h7,9H,6H2,1-5H3,(H,17,20)(H,21,22). The highest BCUT2D eigenvalue weighted by Crippen LogP contribution is 2.25. The van der Waals surface area contributed by atoms with Crippen LogP contribution >= 0.6 is 22.7 Å². The molecule has 0 spiro atoms. The Morgan fingerprint density at radius 2 is 1.79 bits per heavy atom. The average molecular weight is 367 g/mol. The third kappa shape index (κ3) is 4.18. The smallest absolute Gasteiger partial charge is 0.347 e. The summed E-state index contributed by atoms with van der Waals surface area (Å²) in [4.78, 5) is 33.3. The number of nitrogens with zero attached hydrogens (tertiary/aromatic N) is 2. The van der Waals surface area contributed by atoms with Crippen molar-refractivity contribution in [2.75, 3.05) is 0 Å². The summed E-state index contributed by atoms with van der Waals surface area (Å²) in [6.07, 6.45) is 0.751. The molecule has 24 heavy (non-hydrogen) atoms. The van der Waals surface area contributed by atoms with E-state index < -0.39 is 5.97 Å². The van der Waals surface area contributed by atoms with E-state index in [1.165, 1.54) is 11.3 Å². The second kappa shape index (κ2) is 7.40. The number of aromatic carboxylic acids is 1. The largest absolute Gasteiger partial charge is 0.477 e. The molecule has 0 saturated carbocycles. The minimum Gasteiger partial charge on any atom is -0.477 e. The number of aromatic nitrogens is 2. The van der Waals surface area contributed by atoms with E-state index in [4.69, 9.17) is 5.11 Å². The number of thiazole rings is 2. The van der Waals surface area contributed by atoms with Crippen LogP contribution in [0.1, 0.15) is 67.6 Å². The van der Waals surface area contributed by atoms with Crippen LogP contribution in [0.2, 0.25) is 0 Å². The molecule has 130 valence electrons. The van der Waals surface area contributed by atoms with E-state index in [0.717, 1.165) is 28.5 Å². The molecule has 2 N–H and O–H groups in total. The molecule has 6 nitrogen and oxygen atoms in total. The van der Waals surface area contributed by atoms with Crippen LogP contribution in [0, 0.1) is 19.8 Å². The summed E-state index contributed by atoms with van der Waals surface area (Å²) in [6, 6.07) is -0.358. The van der Waals surface area contributed by atoms with E-state index in [-0.39, 0.29) is 16.8 Å². The van der Waals surface area contributed by atoms with Gasteiger partial charge in [0.2, 0.25) is 0 Å². The zero-order valence-electron chi connectivity index (χ0n) is 14.3. The van der Waals surface area contributed by atoms with E-state index in [0.29, 0.717) is 21.5 Å². The molecular formula is C16H21N3O3S2. The monoisotopic (exact) mass is 367 g/mol. The summed E-state index contributed by atoms with van der Waals surface area (Å²) in [6.45, 7) is 9.52. The van der Waals surface area contributed by atoms with Gasteiger partial charge in [0.15, 0.2) is 0 Å². The zero-order valence-corrected chi connectivity index (χ0v) is 16.0. The van der Waals surface area contributed by atoms with Gasteiger partial charge in [-0.15, -0.1) is 22.7 Å². The predicted molar refractivity (Wildman–Crippen MR) is 95.1 cm³/mol. The molecule has 2 heterocycles. The number of aryl methyl sites for hydroxylation is 2. The fraction of sp³-hybridized carbons (Fsp3) is 0.500. The van der Waals surface area contributed by atoms with E-state index in [2.05, 4.69) is 29.1 Å². The van der Waals surface area contributed by atoms with Gasteiger partial charge in [-0.3, -0.25) is 4.79 Å². The number of carboxylic acid groups (broad SMARTS) is 1. The van der Waals surface area contributed by atoms with Crippen LogP contribution in [-0.2, 0) is 6.42 Å². The maximum Gasteiger partial charge on any atom is 0.347 e. The minimum absolute atomic E-state index is 0.187. The second-order valence-electron chi connectivity index (χ2n) is 6.07. The SMILES string of the molecule is Cc1nc(CC(C)C)c(C(=O)NC(C)c2nc(C)c(C(=O)O)s2)s1. The molecule has 0 radical (unpaired) electrons. The van der Waals surface area contributed by atoms with Crippen LogP contribution in [0.5, 0.6) is 0 Å². The maximum atomic E-state index is 12.6. The van der Waals surface area contributed by atoms with Crippen LogP contribution in [0.3, 0.4) is 0 Å². The summed E-state index contributed by atoms with van der Waals surface area (Å²) in [5.41, 5.74) is 1.29. The number of rotatable bonds is 6. The van der Waals surface area contributed by atoms with Crippen molar-refractivity contribution < 1.29 is 14.7 Å². The molecule has 0 fully saturated rings. The Hall–Kier alpha value is -1.80. The van der Waals surface area contributed by atoms with Gasteiger partial charge in [-0.05, 0) is 33.1 Å². The Morgan fingerprint density at radius 3 is 2.33 bits per heavy atom. The Kier molecular flexibility index (Phi) is 5.71. The molecule has 8 heteroatoms. The van der Waals surface area contributed by atoms with E-state index in [9.17, 15) is 9.59 Å². The first-order valence-electron chi connectivity index (χ1n) is 7.66. The van der Waals surface area contributed by atoms with Crippen molar-refractivity contribution in [1.29, 1.82) is 0 Å². The van der Waals surface area contributed by atoms with Crippen LogP contribution in [0.15, 0.2) is 0 Å². The summed E-state index contributed by atoms with van der Waals surface area (Å²) >= 11 is 2.48. The van der Waals surface area contributed by atoms with Crippen LogP contribution < -0.4 is 5.32 Å². The first kappa shape index (κ1) is 18.5. The summed E-state index contributed by atoms with van der Waals surface area (Å²) < 4.78 is 0. The lowest BCUT2D eigenvalue weighted by molar-refractivity contribution is 0.0701. The normalized spacial score (nSPS) is 12.4. The summed E-state index contributed by atoms with van der Waals surface area (Å²) in [5.74, 6) is -0.768. The van der Waals surface area contributed by atoms with Gasteiger partial charge in [0, 0.05) is 0 Å². The molecule has 0 aliphatic heterocycles. The predicted octanol–water partition coefficient (Wildman–Crippen LogP) is 3.60. The third-order valence-electron chi connectivity index (χ3n) is 3.34. The van der Waals surface area contributed by atoms with Crippen molar-refractivity contribution in [3.05, 3.63) is 31.2 Å². The molecule has 0 saturated heterocycles. The van der Waals surface area contributed by atoms with Crippen molar-refractivity contribution in [3.8, 4) is 0 Å².